The number of rotatable bonds is 26. The maximum Gasteiger partial charge on any atom is 0.315 e. The van der Waals surface area contributed by atoms with Crippen molar-refractivity contribution in [2.24, 2.45) is 5.73 Å². The van der Waals surface area contributed by atoms with Gasteiger partial charge in [-0.1, -0.05) is 19.3 Å². The van der Waals surface area contributed by atoms with Gasteiger partial charge < -0.3 is 45.9 Å². The van der Waals surface area contributed by atoms with E-state index in [1.807, 2.05) is 11.8 Å². The van der Waals surface area contributed by atoms with Gasteiger partial charge in [-0.05, 0) is 32.2 Å². The molecule has 3 atom stereocenters. The molecule has 232 valence electrons. The van der Waals surface area contributed by atoms with Gasteiger partial charge in [-0.2, -0.15) is 11.8 Å². The fourth-order valence-corrected chi connectivity index (χ4v) is 6.03. The van der Waals surface area contributed by atoms with Crippen molar-refractivity contribution < 1.29 is 33.3 Å². The summed E-state index contributed by atoms with van der Waals surface area (Å²) in [6.07, 6.45) is 7.93. The second-order valence-electron chi connectivity index (χ2n) is 9.97. The normalized spacial score (nSPS) is 19.7. The molecule has 3 unspecified atom stereocenters. The van der Waals surface area contributed by atoms with E-state index in [0.717, 1.165) is 57.2 Å². The number of carbonyl (C=O) groups excluding carboxylic acids is 3. The summed E-state index contributed by atoms with van der Waals surface area (Å²) < 4.78 is 21.8. The number of nitrogens with one attached hydrogen (secondary N) is 4. The predicted molar refractivity (Wildman–Crippen MR) is 155 cm³/mol. The molecule has 2 fully saturated rings. The van der Waals surface area contributed by atoms with Crippen LogP contribution in [0.5, 0.6) is 0 Å². The van der Waals surface area contributed by atoms with Gasteiger partial charge in [0.15, 0.2) is 0 Å². The third-order valence-electron chi connectivity index (χ3n) is 6.69. The Morgan fingerprint density at radius 2 is 1.38 bits per heavy atom. The molecule has 40 heavy (non-hydrogen) atoms. The number of ether oxygens (including phenoxy) is 4. The van der Waals surface area contributed by atoms with Crippen molar-refractivity contribution in [3.8, 4) is 0 Å². The SMILES string of the molecule is NCCCCCCNC(=O)CCOCCOCCOCCOCCNC(=O)CCCCC1SCC2NC(=O)NC21. The summed E-state index contributed by atoms with van der Waals surface area (Å²) in [7, 11) is 0. The number of nitrogens with two attached hydrogens (primary N) is 1. The van der Waals surface area contributed by atoms with E-state index < -0.39 is 0 Å². The van der Waals surface area contributed by atoms with Crippen LogP contribution in [-0.4, -0.2) is 113 Å². The van der Waals surface area contributed by atoms with Crippen LogP contribution in [-0.2, 0) is 28.5 Å². The molecule has 0 aromatic rings. The summed E-state index contributed by atoms with van der Waals surface area (Å²) in [5.74, 6) is 1.02. The second-order valence-corrected chi connectivity index (χ2v) is 11.2. The van der Waals surface area contributed by atoms with Crippen molar-refractivity contribution in [3.63, 3.8) is 0 Å². The van der Waals surface area contributed by atoms with E-state index >= 15 is 0 Å². The van der Waals surface area contributed by atoms with Crippen LogP contribution < -0.4 is 27.0 Å². The highest BCUT2D eigenvalue weighted by Gasteiger charge is 2.42. The molecule has 0 aromatic heterocycles. The van der Waals surface area contributed by atoms with Gasteiger partial charge in [-0.15, -0.1) is 0 Å². The van der Waals surface area contributed by atoms with Gasteiger partial charge in [0.25, 0.3) is 0 Å². The average molecular weight is 590 g/mol. The molecule has 2 heterocycles. The molecular weight excluding hydrogens is 538 g/mol. The largest absolute Gasteiger partial charge is 0.379 e. The Bertz CT molecular complexity index is 706. The number of hydrogen-bond donors (Lipinski definition) is 5. The first-order chi connectivity index (χ1) is 19.6. The van der Waals surface area contributed by atoms with Gasteiger partial charge in [0.05, 0.1) is 64.9 Å². The average Bonchev–Trinajstić information content (AvgIpc) is 3.49. The van der Waals surface area contributed by atoms with E-state index in [1.54, 1.807) is 0 Å². The number of thioether (sulfide) groups is 1. The zero-order valence-corrected chi connectivity index (χ0v) is 24.7. The first kappa shape index (κ1) is 34.6. The molecule has 0 bridgehead atoms. The lowest BCUT2D eigenvalue weighted by atomic mass is 10.0. The van der Waals surface area contributed by atoms with Crippen LogP contribution in [0.25, 0.3) is 0 Å². The Morgan fingerprint density at radius 3 is 2.10 bits per heavy atom. The summed E-state index contributed by atoms with van der Waals surface area (Å²) in [6, 6.07) is 0.416. The number of hydrogen-bond acceptors (Lipinski definition) is 9. The molecule has 13 heteroatoms. The van der Waals surface area contributed by atoms with E-state index in [1.165, 1.54) is 0 Å². The highest BCUT2D eigenvalue weighted by Crippen LogP contribution is 2.33. The first-order valence-corrected chi connectivity index (χ1v) is 15.9. The van der Waals surface area contributed by atoms with Crippen molar-refractivity contribution >= 4 is 29.6 Å². The van der Waals surface area contributed by atoms with Crippen LogP contribution in [0.2, 0.25) is 0 Å². The standard InChI is InChI=1S/C27H51N5O7S/c28-10-5-1-2-6-11-29-25(34)9-13-36-15-17-38-19-20-39-18-16-37-14-12-30-24(33)8-4-3-7-23-26-22(21-40-23)31-27(35)32-26/h22-23,26H,1-21,28H2,(H,29,34)(H,30,33)(H2,31,32,35). The Labute approximate surface area is 243 Å². The van der Waals surface area contributed by atoms with E-state index in [2.05, 4.69) is 21.3 Å². The number of fused-ring (bicyclic) bond motifs is 1. The van der Waals surface area contributed by atoms with Gasteiger partial charge in [-0.25, -0.2) is 4.79 Å². The Morgan fingerprint density at radius 1 is 0.750 bits per heavy atom. The zero-order chi connectivity index (χ0) is 28.7. The number of urea groups is 1. The second kappa shape index (κ2) is 23.0. The summed E-state index contributed by atoms with van der Waals surface area (Å²) in [5.41, 5.74) is 5.46. The minimum absolute atomic E-state index is 0.0148. The fourth-order valence-electron chi connectivity index (χ4n) is 4.49. The number of carbonyl (C=O) groups is 3. The third kappa shape index (κ3) is 16.6. The van der Waals surface area contributed by atoms with Gasteiger partial charge in [-0.3, -0.25) is 9.59 Å². The number of amides is 4. The van der Waals surface area contributed by atoms with E-state index in [9.17, 15) is 14.4 Å². The molecule has 0 aromatic carbocycles. The molecule has 2 rings (SSSR count). The molecular formula is C27H51N5O7S. The lowest BCUT2D eigenvalue weighted by molar-refractivity contribution is -0.122. The quantitative estimate of drug-likeness (QED) is 0.0730. The van der Waals surface area contributed by atoms with Gasteiger partial charge >= 0.3 is 6.03 Å². The topological polar surface area (TPSA) is 162 Å². The first-order valence-electron chi connectivity index (χ1n) is 14.8. The maximum atomic E-state index is 12.0. The Kier molecular flexibility index (Phi) is 19.9. The molecule has 0 spiro atoms. The highest BCUT2D eigenvalue weighted by molar-refractivity contribution is 8.00. The molecule has 0 saturated carbocycles. The minimum atomic E-state index is -0.0594. The lowest BCUT2D eigenvalue weighted by Gasteiger charge is -2.16. The molecule has 2 aliphatic heterocycles. The van der Waals surface area contributed by atoms with Crippen LogP contribution >= 0.6 is 11.8 Å². The summed E-state index contributed by atoms with van der Waals surface area (Å²) in [5, 5.41) is 12.2. The van der Waals surface area contributed by atoms with E-state index in [0.29, 0.717) is 84.0 Å². The summed E-state index contributed by atoms with van der Waals surface area (Å²) in [6.45, 7) is 5.52. The Balaban J connectivity index is 1.24. The highest BCUT2D eigenvalue weighted by atomic mass is 32.2. The molecule has 0 aliphatic carbocycles. The van der Waals surface area contributed by atoms with Crippen molar-refractivity contribution in [3.05, 3.63) is 0 Å². The van der Waals surface area contributed by atoms with E-state index in [4.69, 9.17) is 24.7 Å². The van der Waals surface area contributed by atoms with Crippen LogP contribution in [0.3, 0.4) is 0 Å². The van der Waals surface area contributed by atoms with Gasteiger partial charge in [0.2, 0.25) is 11.8 Å². The van der Waals surface area contributed by atoms with Crippen LogP contribution in [0.15, 0.2) is 0 Å². The summed E-state index contributed by atoms with van der Waals surface area (Å²) in [4.78, 5) is 35.1. The molecule has 4 amide bonds. The lowest BCUT2D eigenvalue weighted by Crippen LogP contribution is -2.36. The van der Waals surface area contributed by atoms with Crippen molar-refractivity contribution in [2.75, 3.05) is 78.2 Å². The third-order valence-corrected chi connectivity index (χ3v) is 8.20. The van der Waals surface area contributed by atoms with Crippen LogP contribution in [0.1, 0.15) is 57.8 Å². The molecule has 2 saturated heterocycles. The minimum Gasteiger partial charge on any atom is -0.379 e. The maximum absolute atomic E-state index is 12.0. The smallest absolute Gasteiger partial charge is 0.315 e. The van der Waals surface area contributed by atoms with Crippen LogP contribution in [0.4, 0.5) is 4.79 Å². The van der Waals surface area contributed by atoms with Gasteiger partial charge in [0.1, 0.15) is 0 Å². The van der Waals surface area contributed by atoms with Crippen LogP contribution in [0, 0.1) is 0 Å². The van der Waals surface area contributed by atoms with E-state index in [-0.39, 0.29) is 29.9 Å². The van der Waals surface area contributed by atoms with Crippen molar-refractivity contribution in [2.45, 2.75) is 75.1 Å². The fraction of sp³-hybridized carbons (Fsp3) is 0.889. The monoisotopic (exact) mass is 589 g/mol. The van der Waals surface area contributed by atoms with Gasteiger partial charge in [0, 0.05) is 36.9 Å². The summed E-state index contributed by atoms with van der Waals surface area (Å²) >= 11 is 1.90. The van der Waals surface area contributed by atoms with Crippen molar-refractivity contribution in [1.82, 2.24) is 21.3 Å². The molecule has 12 nitrogen and oxygen atoms in total. The zero-order valence-electron chi connectivity index (χ0n) is 23.9. The molecule has 2 aliphatic rings. The predicted octanol–water partition coefficient (Wildman–Crippen LogP) is 0.920. The Hall–Kier alpha value is -1.64. The molecule has 6 N–H and O–H groups in total. The number of unbranched alkanes of at least 4 members (excludes halogenated alkanes) is 4. The van der Waals surface area contributed by atoms with Crippen molar-refractivity contribution in [1.29, 1.82) is 0 Å². The molecule has 0 radical (unpaired) electrons.